The summed E-state index contributed by atoms with van der Waals surface area (Å²) < 4.78 is 5.25. The zero-order chi connectivity index (χ0) is 23.8. The number of furan rings is 1. The number of nitrogens with zero attached hydrogens (tertiary/aromatic N) is 3. The molecule has 2 aromatic heterocycles. The zero-order valence-corrected chi connectivity index (χ0v) is 19.3. The average molecular weight is 473 g/mol. The highest BCUT2D eigenvalue weighted by Crippen LogP contribution is 2.29. The van der Waals surface area contributed by atoms with Gasteiger partial charge in [-0.1, -0.05) is 49.4 Å². The molecule has 1 aliphatic rings. The Morgan fingerprint density at radius 1 is 1.03 bits per heavy atom. The highest BCUT2D eigenvalue weighted by Gasteiger charge is 2.36. The Hall–Kier alpha value is -4.11. The molecule has 0 unspecified atom stereocenters. The Bertz CT molecular complexity index is 1390. The van der Waals surface area contributed by atoms with Crippen LogP contribution in [0.4, 0.5) is 5.13 Å². The Labute approximate surface area is 199 Å². The molecule has 3 heterocycles. The van der Waals surface area contributed by atoms with Crippen LogP contribution >= 0.6 is 11.3 Å². The van der Waals surface area contributed by atoms with Crippen LogP contribution in [0.25, 0.3) is 10.6 Å². The van der Waals surface area contributed by atoms with Gasteiger partial charge in [0.25, 0.3) is 17.7 Å². The number of nitrogens with one attached hydrogen (secondary N) is 1. The molecule has 0 fully saturated rings. The van der Waals surface area contributed by atoms with Crippen LogP contribution in [0.3, 0.4) is 0 Å². The molecule has 5 rings (SSSR count). The number of aromatic nitrogens is 2. The lowest BCUT2D eigenvalue weighted by Crippen LogP contribution is -2.28. The maximum atomic E-state index is 12.8. The van der Waals surface area contributed by atoms with E-state index in [9.17, 15) is 14.4 Å². The molecule has 2 aromatic carbocycles. The normalized spacial score (nSPS) is 13.0. The van der Waals surface area contributed by atoms with Gasteiger partial charge in [-0.15, -0.1) is 10.2 Å². The molecule has 0 radical (unpaired) electrons. The number of carbonyl (C=O) groups is 3. The van der Waals surface area contributed by atoms with Crippen molar-refractivity contribution in [1.82, 2.24) is 15.1 Å². The summed E-state index contributed by atoms with van der Waals surface area (Å²) in [5.74, 6) is -0.386. The van der Waals surface area contributed by atoms with E-state index < -0.39 is 17.7 Å². The fourth-order valence-corrected chi connectivity index (χ4v) is 4.45. The monoisotopic (exact) mass is 472 g/mol. The van der Waals surface area contributed by atoms with Gasteiger partial charge in [-0.3, -0.25) is 24.6 Å². The Morgan fingerprint density at radius 2 is 1.79 bits per heavy atom. The standard InChI is InChI=1S/C25H20N4O4S/c1-14(2)15-5-7-16(8-6-15)22-27-28-25(34-22)26-21(30)17-9-10-19-20(12-17)24(32)29(23(19)31)13-18-4-3-11-33-18/h3-12,14H,13H2,1-2H3,(H,26,28,30). The predicted octanol–water partition coefficient (Wildman–Crippen LogP) is 4.97. The van der Waals surface area contributed by atoms with Crippen molar-refractivity contribution >= 4 is 34.2 Å². The number of hydrogen-bond acceptors (Lipinski definition) is 7. The van der Waals surface area contributed by atoms with Crippen molar-refractivity contribution in [2.24, 2.45) is 0 Å². The van der Waals surface area contributed by atoms with Gasteiger partial charge in [0.05, 0.1) is 23.9 Å². The van der Waals surface area contributed by atoms with E-state index in [1.807, 2.05) is 12.1 Å². The van der Waals surface area contributed by atoms with Gasteiger partial charge in [0.15, 0.2) is 0 Å². The van der Waals surface area contributed by atoms with Crippen molar-refractivity contribution in [1.29, 1.82) is 0 Å². The molecular weight excluding hydrogens is 452 g/mol. The summed E-state index contributed by atoms with van der Waals surface area (Å²) in [4.78, 5) is 39.4. The second-order valence-electron chi connectivity index (χ2n) is 8.18. The summed E-state index contributed by atoms with van der Waals surface area (Å²) in [6.45, 7) is 4.30. The molecule has 0 atom stereocenters. The molecule has 1 N–H and O–H groups in total. The van der Waals surface area contributed by atoms with Crippen LogP contribution in [0.5, 0.6) is 0 Å². The van der Waals surface area contributed by atoms with E-state index in [0.717, 1.165) is 10.5 Å². The van der Waals surface area contributed by atoms with Crippen LogP contribution in [0.15, 0.2) is 65.3 Å². The summed E-state index contributed by atoms with van der Waals surface area (Å²) in [6.07, 6.45) is 1.48. The van der Waals surface area contributed by atoms with E-state index in [0.29, 0.717) is 21.8 Å². The lowest BCUT2D eigenvalue weighted by atomic mass is 10.0. The maximum absolute atomic E-state index is 12.8. The van der Waals surface area contributed by atoms with Crippen molar-refractivity contribution in [2.45, 2.75) is 26.3 Å². The third-order valence-electron chi connectivity index (χ3n) is 5.60. The molecule has 8 nitrogen and oxygen atoms in total. The van der Waals surface area contributed by atoms with E-state index in [4.69, 9.17) is 4.42 Å². The third-order valence-corrected chi connectivity index (χ3v) is 6.48. The second-order valence-corrected chi connectivity index (χ2v) is 9.16. The molecule has 3 amide bonds. The largest absolute Gasteiger partial charge is 0.467 e. The Balaban J connectivity index is 1.31. The second kappa shape index (κ2) is 8.68. The van der Waals surface area contributed by atoms with Gasteiger partial charge in [0.2, 0.25) is 5.13 Å². The van der Waals surface area contributed by atoms with Crippen LogP contribution in [0.2, 0.25) is 0 Å². The first-order chi connectivity index (χ1) is 16.4. The molecule has 4 aromatic rings. The minimum Gasteiger partial charge on any atom is -0.467 e. The summed E-state index contributed by atoms with van der Waals surface area (Å²) >= 11 is 1.26. The van der Waals surface area contributed by atoms with E-state index >= 15 is 0 Å². The number of hydrogen-bond donors (Lipinski definition) is 1. The average Bonchev–Trinajstić information content (AvgIpc) is 3.57. The number of anilines is 1. The molecule has 0 saturated heterocycles. The number of rotatable bonds is 6. The number of carbonyl (C=O) groups excluding carboxylic acids is 3. The van der Waals surface area contributed by atoms with Crippen molar-refractivity contribution in [3.05, 3.63) is 88.9 Å². The van der Waals surface area contributed by atoms with Gasteiger partial charge >= 0.3 is 0 Å². The fourth-order valence-electron chi connectivity index (χ4n) is 3.70. The molecule has 0 saturated carbocycles. The number of benzene rings is 2. The molecule has 0 spiro atoms. The SMILES string of the molecule is CC(C)c1ccc(-c2nnc(NC(=O)c3ccc4c(c3)C(=O)N(Cc3ccco3)C4=O)s2)cc1. The highest BCUT2D eigenvalue weighted by molar-refractivity contribution is 7.18. The molecule has 0 bridgehead atoms. The van der Waals surface area contributed by atoms with Gasteiger partial charge < -0.3 is 4.42 Å². The summed E-state index contributed by atoms with van der Waals surface area (Å²) in [7, 11) is 0. The summed E-state index contributed by atoms with van der Waals surface area (Å²) in [6, 6.07) is 15.9. The molecule has 0 aliphatic carbocycles. The Kier molecular flexibility index (Phi) is 5.54. The van der Waals surface area contributed by atoms with Crippen molar-refractivity contribution < 1.29 is 18.8 Å². The molecule has 9 heteroatoms. The quantitative estimate of drug-likeness (QED) is 0.397. The lowest BCUT2D eigenvalue weighted by molar-refractivity contribution is 0.0631. The van der Waals surface area contributed by atoms with Crippen molar-refractivity contribution in [3.8, 4) is 10.6 Å². The van der Waals surface area contributed by atoms with Crippen molar-refractivity contribution in [3.63, 3.8) is 0 Å². The van der Waals surface area contributed by atoms with Crippen molar-refractivity contribution in [2.75, 3.05) is 5.32 Å². The van der Waals surface area contributed by atoms with E-state index in [1.165, 1.54) is 41.4 Å². The number of imide groups is 1. The van der Waals surface area contributed by atoms with Gasteiger partial charge in [-0.25, -0.2) is 0 Å². The molecular formula is C25H20N4O4S. The van der Waals surface area contributed by atoms with E-state index in [2.05, 4.69) is 41.5 Å². The first kappa shape index (κ1) is 21.7. The minimum atomic E-state index is -0.464. The number of amides is 3. The van der Waals surface area contributed by atoms with Gasteiger partial charge in [0.1, 0.15) is 10.8 Å². The molecule has 1 aliphatic heterocycles. The van der Waals surface area contributed by atoms with Crippen LogP contribution in [-0.4, -0.2) is 32.8 Å². The van der Waals surface area contributed by atoms with E-state index in [1.54, 1.807) is 12.1 Å². The van der Waals surface area contributed by atoms with Gasteiger partial charge in [-0.05, 0) is 41.8 Å². The highest BCUT2D eigenvalue weighted by atomic mass is 32.1. The summed E-state index contributed by atoms with van der Waals surface area (Å²) in [5, 5.41) is 12.0. The smallest absolute Gasteiger partial charge is 0.261 e. The first-order valence-electron chi connectivity index (χ1n) is 10.7. The summed E-state index contributed by atoms with van der Waals surface area (Å²) in [5.41, 5.74) is 2.84. The molecule has 170 valence electrons. The van der Waals surface area contributed by atoms with Gasteiger partial charge in [-0.2, -0.15) is 0 Å². The number of fused-ring (bicyclic) bond motifs is 1. The van der Waals surface area contributed by atoms with E-state index in [-0.39, 0.29) is 23.2 Å². The molecule has 34 heavy (non-hydrogen) atoms. The predicted molar refractivity (Wildman–Crippen MR) is 127 cm³/mol. The Morgan fingerprint density at radius 3 is 2.50 bits per heavy atom. The minimum absolute atomic E-state index is 0.0343. The maximum Gasteiger partial charge on any atom is 0.261 e. The van der Waals surface area contributed by atoms with Crippen LogP contribution in [-0.2, 0) is 6.54 Å². The lowest BCUT2D eigenvalue weighted by Gasteiger charge is -2.11. The fraction of sp³-hybridized carbons (Fsp3) is 0.160. The zero-order valence-electron chi connectivity index (χ0n) is 18.4. The first-order valence-corrected chi connectivity index (χ1v) is 11.5. The van der Waals surface area contributed by atoms with Crippen LogP contribution < -0.4 is 5.32 Å². The van der Waals surface area contributed by atoms with Crippen LogP contribution in [0.1, 0.15) is 62.2 Å². The topological polar surface area (TPSA) is 105 Å². The van der Waals surface area contributed by atoms with Crippen LogP contribution in [0, 0.1) is 0 Å². The van der Waals surface area contributed by atoms with Gasteiger partial charge in [0, 0.05) is 11.1 Å². The third kappa shape index (κ3) is 4.01.